The van der Waals surface area contributed by atoms with Crippen LogP contribution in [0.2, 0.25) is 0 Å². The van der Waals surface area contributed by atoms with Crippen molar-refractivity contribution in [1.29, 1.82) is 0 Å². The number of sulfonamides is 1. The Bertz CT molecular complexity index is 1470. The number of nitrogens with zero attached hydrogens (tertiary/aromatic N) is 3. The molecule has 1 N–H and O–H groups in total. The molecule has 12 heteroatoms. The fourth-order valence-electron chi connectivity index (χ4n) is 5.63. The van der Waals surface area contributed by atoms with E-state index in [0.29, 0.717) is 54.9 Å². The molecule has 39 heavy (non-hydrogen) atoms. The quantitative estimate of drug-likeness (QED) is 0.393. The number of piperidine rings is 1. The minimum atomic E-state index is -4.40. The molecule has 1 saturated heterocycles. The Morgan fingerprint density at radius 1 is 1.13 bits per heavy atom. The summed E-state index contributed by atoms with van der Waals surface area (Å²) in [6.45, 7) is 4.61. The maximum Gasteiger partial charge on any atom is 0.416 e. The Labute approximate surface area is 224 Å². The highest BCUT2D eigenvalue weighted by atomic mass is 32.2. The molecule has 7 nitrogen and oxygen atoms in total. The number of nitrogens with one attached hydrogen (secondary N) is 1. The summed E-state index contributed by atoms with van der Waals surface area (Å²) in [6, 6.07) is 7.77. The second-order valence-electron chi connectivity index (χ2n) is 10.1. The first-order valence-corrected chi connectivity index (χ1v) is 14.1. The summed E-state index contributed by atoms with van der Waals surface area (Å²) >= 11 is 0. The second-order valence-corrected chi connectivity index (χ2v) is 11.8. The van der Waals surface area contributed by atoms with Gasteiger partial charge in [0, 0.05) is 36.3 Å². The molecule has 0 radical (unpaired) electrons. The first-order chi connectivity index (χ1) is 18.4. The molecule has 1 aromatic heterocycles. The molecule has 3 heterocycles. The number of ether oxygens (including phenoxy) is 1. The van der Waals surface area contributed by atoms with Crippen molar-refractivity contribution in [3.05, 3.63) is 77.0 Å². The third kappa shape index (κ3) is 5.72. The fraction of sp³-hybridized carbons (Fsp3) is 0.407. The number of anilines is 1. The predicted octanol–water partition coefficient (Wildman–Crippen LogP) is 5.84. The second kappa shape index (κ2) is 10.4. The number of benzene rings is 2. The van der Waals surface area contributed by atoms with E-state index in [4.69, 9.17) is 4.74 Å². The highest BCUT2D eigenvalue weighted by Gasteiger charge is 2.37. The third-order valence-corrected chi connectivity index (χ3v) is 8.78. The Balaban J connectivity index is 1.37. The van der Waals surface area contributed by atoms with Crippen LogP contribution in [0.5, 0.6) is 5.75 Å². The molecule has 0 bridgehead atoms. The lowest BCUT2D eigenvalue weighted by Gasteiger charge is -2.44. The van der Waals surface area contributed by atoms with Gasteiger partial charge in [-0.3, -0.25) is 9.62 Å². The van der Waals surface area contributed by atoms with E-state index in [1.54, 1.807) is 6.92 Å². The molecular weight excluding hydrogens is 536 g/mol. The highest BCUT2D eigenvalue weighted by Crippen LogP contribution is 2.44. The van der Waals surface area contributed by atoms with Crippen LogP contribution in [-0.4, -0.2) is 42.5 Å². The number of likely N-dealkylation sites (tertiary alicyclic amines) is 1. The van der Waals surface area contributed by atoms with Gasteiger partial charge in [-0.1, -0.05) is 11.6 Å². The van der Waals surface area contributed by atoms with Crippen LogP contribution in [0.25, 0.3) is 0 Å². The summed E-state index contributed by atoms with van der Waals surface area (Å²) in [5, 5.41) is 0. The molecule has 0 spiro atoms. The van der Waals surface area contributed by atoms with Gasteiger partial charge in [-0.05, 0) is 69.0 Å². The molecule has 2 aliphatic rings. The minimum absolute atomic E-state index is 0.000417. The fourth-order valence-corrected chi connectivity index (χ4v) is 6.72. The maximum absolute atomic E-state index is 15.3. The number of fused-ring (bicyclic) bond motifs is 1. The summed E-state index contributed by atoms with van der Waals surface area (Å²) in [5.41, 5.74) is 1.17. The first kappa shape index (κ1) is 27.3. The van der Waals surface area contributed by atoms with Gasteiger partial charge in [0.15, 0.2) is 0 Å². The third-order valence-electron chi connectivity index (χ3n) is 7.41. The number of halogens is 4. The Morgan fingerprint density at radius 2 is 1.92 bits per heavy atom. The highest BCUT2D eigenvalue weighted by molar-refractivity contribution is 7.92. The van der Waals surface area contributed by atoms with Gasteiger partial charge in [-0.15, -0.1) is 0 Å². The maximum atomic E-state index is 15.3. The van der Waals surface area contributed by atoms with E-state index >= 15 is 4.39 Å². The molecule has 3 aromatic rings. The zero-order valence-electron chi connectivity index (χ0n) is 21.4. The van der Waals surface area contributed by atoms with Crippen molar-refractivity contribution in [3.8, 4) is 5.75 Å². The average molecular weight is 565 g/mol. The van der Waals surface area contributed by atoms with Gasteiger partial charge in [0.1, 0.15) is 28.6 Å². The van der Waals surface area contributed by atoms with Crippen LogP contribution in [0.1, 0.15) is 60.4 Å². The van der Waals surface area contributed by atoms with Gasteiger partial charge < -0.3 is 4.74 Å². The molecule has 2 aromatic carbocycles. The summed E-state index contributed by atoms with van der Waals surface area (Å²) in [6.07, 6.45) is 0.00345. The van der Waals surface area contributed by atoms with E-state index < -0.39 is 32.5 Å². The zero-order chi connectivity index (χ0) is 27.9. The van der Waals surface area contributed by atoms with E-state index in [0.717, 1.165) is 6.07 Å². The van der Waals surface area contributed by atoms with Crippen LogP contribution < -0.4 is 9.46 Å². The summed E-state index contributed by atoms with van der Waals surface area (Å²) in [4.78, 5) is 9.22. The van der Waals surface area contributed by atoms with Crippen molar-refractivity contribution in [2.75, 3.05) is 17.9 Å². The van der Waals surface area contributed by atoms with Crippen molar-refractivity contribution < 1.29 is 30.7 Å². The monoisotopic (exact) mass is 564 g/mol. The van der Waals surface area contributed by atoms with Crippen LogP contribution in [0, 0.1) is 12.7 Å². The molecule has 3 atom stereocenters. The zero-order valence-corrected chi connectivity index (χ0v) is 22.2. The largest absolute Gasteiger partial charge is 0.493 e. The Kier molecular flexibility index (Phi) is 7.27. The smallest absolute Gasteiger partial charge is 0.416 e. The lowest BCUT2D eigenvalue weighted by molar-refractivity contribution is -0.137. The van der Waals surface area contributed by atoms with Crippen LogP contribution in [0.4, 0.5) is 23.4 Å². The van der Waals surface area contributed by atoms with Crippen molar-refractivity contribution in [3.63, 3.8) is 0 Å². The molecule has 0 amide bonds. The average Bonchev–Trinajstić information content (AvgIpc) is 2.87. The molecule has 2 aliphatic heterocycles. The summed E-state index contributed by atoms with van der Waals surface area (Å²) in [5.74, 6) is -0.645. The van der Waals surface area contributed by atoms with E-state index in [2.05, 4.69) is 19.6 Å². The molecule has 0 saturated carbocycles. The minimum Gasteiger partial charge on any atom is -0.493 e. The first-order valence-electron chi connectivity index (χ1n) is 12.6. The molecule has 0 unspecified atom stereocenters. The van der Waals surface area contributed by atoms with Gasteiger partial charge in [0.05, 0.1) is 12.2 Å². The van der Waals surface area contributed by atoms with Gasteiger partial charge in [0.2, 0.25) is 0 Å². The van der Waals surface area contributed by atoms with Crippen LogP contribution in [0.15, 0.2) is 53.8 Å². The van der Waals surface area contributed by atoms with E-state index in [1.807, 2.05) is 13.0 Å². The standard InChI is InChI=1S/C27H28F4N4O3S/c1-16-9-19(12-20(10-16)27(29,30)31)18-4-7-35(17(2)11-18)23-5-8-38-24-14-25(22(28)13-21(23)24)39(36,37)34-26-3-6-32-15-33-26/h3,6,9-10,12-15,17-18,23H,4-5,7-8,11H2,1-2H3,(H,32,33,34)/t17-,18-,23+/m1/s1. The van der Waals surface area contributed by atoms with Crippen LogP contribution in [-0.2, 0) is 16.2 Å². The van der Waals surface area contributed by atoms with Gasteiger partial charge in [-0.2, -0.15) is 13.2 Å². The lowest BCUT2D eigenvalue weighted by atomic mass is 9.83. The topological polar surface area (TPSA) is 84.4 Å². The predicted molar refractivity (Wildman–Crippen MR) is 136 cm³/mol. The van der Waals surface area contributed by atoms with E-state index in [9.17, 15) is 21.6 Å². The van der Waals surface area contributed by atoms with E-state index in [-0.39, 0.29) is 23.8 Å². The van der Waals surface area contributed by atoms with Crippen molar-refractivity contribution in [2.24, 2.45) is 0 Å². The molecule has 1 fully saturated rings. The van der Waals surface area contributed by atoms with E-state index in [1.165, 1.54) is 36.8 Å². The number of rotatable bonds is 5. The van der Waals surface area contributed by atoms with Crippen molar-refractivity contribution in [1.82, 2.24) is 14.9 Å². The molecular formula is C27H28F4N4O3S. The van der Waals surface area contributed by atoms with Gasteiger partial charge in [-0.25, -0.2) is 22.8 Å². The van der Waals surface area contributed by atoms with Gasteiger partial charge in [0.25, 0.3) is 10.0 Å². The van der Waals surface area contributed by atoms with Crippen molar-refractivity contribution in [2.45, 2.75) is 62.2 Å². The number of aromatic nitrogens is 2. The molecule has 208 valence electrons. The number of alkyl halides is 3. The number of hydrogen-bond acceptors (Lipinski definition) is 6. The Morgan fingerprint density at radius 3 is 2.62 bits per heavy atom. The van der Waals surface area contributed by atoms with Crippen molar-refractivity contribution >= 4 is 15.8 Å². The normalized spacial score (nSPS) is 22.2. The molecule has 5 rings (SSSR count). The van der Waals surface area contributed by atoms with Crippen LogP contribution in [0.3, 0.4) is 0 Å². The van der Waals surface area contributed by atoms with Crippen LogP contribution >= 0.6 is 0 Å². The summed E-state index contributed by atoms with van der Waals surface area (Å²) < 4.78 is 89.2. The SMILES string of the molecule is Cc1cc([C@@H]2CCN([C@H]3CCOc4cc(S(=O)(=O)Nc5ccncn5)c(F)cc43)[C@H](C)C2)cc(C(F)(F)F)c1. The van der Waals surface area contributed by atoms with Gasteiger partial charge >= 0.3 is 6.18 Å². The number of hydrogen-bond donors (Lipinski definition) is 1. The Hall–Kier alpha value is -3.25. The lowest BCUT2D eigenvalue weighted by Crippen LogP contribution is -2.44. The number of aryl methyl sites for hydroxylation is 1. The summed E-state index contributed by atoms with van der Waals surface area (Å²) in [7, 11) is -4.28. The molecule has 0 aliphatic carbocycles.